The summed E-state index contributed by atoms with van der Waals surface area (Å²) in [5.41, 5.74) is 1.85. The van der Waals surface area contributed by atoms with E-state index in [1.165, 1.54) is 13.2 Å². The van der Waals surface area contributed by atoms with Gasteiger partial charge < -0.3 is 14.8 Å². The zero-order valence-electron chi connectivity index (χ0n) is 15.2. The summed E-state index contributed by atoms with van der Waals surface area (Å²) in [5, 5.41) is 2.83. The molecule has 0 spiro atoms. The number of ether oxygens (including phenoxy) is 2. The molecule has 0 aliphatic rings. The number of rotatable bonds is 8. The molecule has 0 aromatic heterocycles. The highest BCUT2D eigenvalue weighted by Gasteiger charge is 2.11. The molecule has 0 fully saturated rings. The molecule has 0 bridgehead atoms. The van der Waals surface area contributed by atoms with Crippen LogP contribution in [0.3, 0.4) is 0 Å². The van der Waals surface area contributed by atoms with E-state index in [1.807, 2.05) is 6.92 Å². The monoisotopic (exact) mass is 353 g/mol. The van der Waals surface area contributed by atoms with Crippen LogP contribution in [0.2, 0.25) is 0 Å². The van der Waals surface area contributed by atoms with E-state index >= 15 is 0 Å². The number of nitrogens with one attached hydrogen (secondary N) is 1. The predicted octanol–water partition coefficient (Wildman–Crippen LogP) is 3.74. The summed E-state index contributed by atoms with van der Waals surface area (Å²) in [5.74, 6) is 0.790. The van der Waals surface area contributed by atoms with Crippen LogP contribution in [-0.2, 0) is 0 Å². The highest BCUT2D eigenvalue weighted by Crippen LogP contribution is 2.24. The molecule has 136 valence electrons. The van der Waals surface area contributed by atoms with Crippen LogP contribution in [0.5, 0.6) is 11.5 Å². The van der Waals surface area contributed by atoms with Gasteiger partial charge in [0.05, 0.1) is 19.8 Å². The Morgan fingerprint density at radius 2 is 1.77 bits per heavy atom. The first-order chi connectivity index (χ1) is 12.6. The molecular formula is C21H23NO4. The number of methoxy groups -OCH3 is 2. The molecular weight excluding hydrogens is 330 g/mol. The van der Waals surface area contributed by atoms with E-state index in [2.05, 4.69) is 5.32 Å². The smallest absolute Gasteiger partial charge is 0.251 e. The second-order valence-electron chi connectivity index (χ2n) is 5.64. The Hall–Kier alpha value is -3.08. The van der Waals surface area contributed by atoms with Crippen molar-refractivity contribution in [2.75, 3.05) is 20.8 Å². The standard InChI is InChI=1S/C21H23NO4/c1-4-13-22-21(24)16-8-5-15(6-9-16)7-11-19(23)18-14-17(25-2)10-12-20(18)26-3/h5-12,14H,4,13H2,1-3H3,(H,22,24)/b11-7+. The average molecular weight is 353 g/mol. The maximum atomic E-state index is 12.5. The fraction of sp³-hybridized carbons (Fsp3) is 0.238. The summed E-state index contributed by atoms with van der Waals surface area (Å²) in [6.45, 7) is 2.65. The number of carbonyl (C=O) groups excluding carboxylic acids is 2. The minimum absolute atomic E-state index is 0.0976. The molecule has 2 rings (SSSR count). The number of carbonyl (C=O) groups is 2. The van der Waals surface area contributed by atoms with Gasteiger partial charge in [0.1, 0.15) is 11.5 Å². The Morgan fingerprint density at radius 1 is 1.04 bits per heavy atom. The van der Waals surface area contributed by atoms with Crippen LogP contribution in [0.25, 0.3) is 6.08 Å². The van der Waals surface area contributed by atoms with Gasteiger partial charge in [0.2, 0.25) is 0 Å². The van der Waals surface area contributed by atoms with Crippen molar-refractivity contribution < 1.29 is 19.1 Å². The lowest BCUT2D eigenvalue weighted by Gasteiger charge is -2.08. The van der Waals surface area contributed by atoms with E-state index in [1.54, 1.807) is 55.7 Å². The van der Waals surface area contributed by atoms with E-state index in [4.69, 9.17) is 9.47 Å². The maximum Gasteiger partial charge on any atom is 0.251 e. The summed E-state index contributed by atoms with van der Waals surface area (Å²) in [6.07, 6.45) is 4.07. The molecule has 0 saturated heterocycles. The molecule has 5 heteroatoms. The Kier molecular flexibility index (Phi) is 6.97. The number of allylic oxidation sites excluding steroid dienone is 1. The van der Waals surface area contributed by atoms with Crippen LogP contribution in [0.4, 0.5) is 0 Å². The molecule has 0 saturated carbocycles. The molecule has 0 unspecified atom stereocenters. The lowest BCUT2D eigenvalue weighted by molar-refractivity contribution is 0.0953. The van der Waals surface area contributed by atoms with Crippen molar-refractivity contribution in [1.29, 1.82) is 0 Å². The summed E-state index contributed by atoms with van der Waals surface area (Å²) in [6, 6.07) is 12.2. The second-order valence-corrected chi connectivity index (χ2v) is 5.64. The quantitative estimate of drug-likeness (QED) is 0.580. The summed E-state index contributed by atoms with van der Waals surface area (Å²) >= 11 is 0. The van der Waals surface area contributed by atoms with Crippen molar-refractivity contribution in [3.63, 3.8) is 0 Å². The van der Waals surface area contributed by atoms with E-state index in [9.17, 15) is 9.59 Å². The van der Waals surface area contributed by atoms with Crippen LogP contribution >= 0.6 is 0 Å². The van der Waals surface area contributed by atoms with Gasteiger partial charge in [-0.05, 0) is 48.4 Å². The first-order valence-electron chi connectivity index (χ1n) is 8.41. The molecule has 0 aliphatic carbocycles. The van der Waals surface area contributed by atoms with Gasteiger partial charge in [-0.15, -0.1) is 0 Å². The highest BCUT2D eigenvalue weighted by molar-refractivity contribution is 6.09. The van der Waals surface area contributed by atoms with Gasteiger partial charge in [-0.1, -0.05) is 25.1 Å². The lowest BCUT2D eigenvalue weighted by atomic mass is 10.1. The topological polar surface area (TPSA) is 64.6 Å². The van der Waals surface area contributed by atoms with E-state index in [-0.39, 0.29) is 11.7 Å². The van der Waals surface area contributed by atoms with Gasteiger partial charge >= 0.3 is 0 Å². The Bertz CT molecular complexity index is 794. The van der Waals surface area contributed by atoms with Crippen molar-refractivity contribution in [1.82, 2.24) is 5.32 Å². The molecule has 0 heterocycles. The Labute approximate surface area is 153 Å². The first-order valence-corrected chi connectivity index (χ1v) is 8.41. The van der Waals surface area contributed by atoms with Crippen molar-refractivity contribution in [3.8, 4) is 11.5 Å². The molecule has 1 N–H and O–H groups in total. The van der Waals surface area contributed by atoms with Gasteiger partial charge in [0, 0.05) is 12.1 Å². The van der Waals surface area contributed by atoms with Crippen LogP contribution in [0, 0.1) is 0 Å². The Balaban J connectivity index is 2.12. The molecule has 0 aliphatic heterocycles. The fourth-order valence-corrected chi connectivity index (χ4v) is 2.35. The second kappa shape index (κ2) is 9.42. The van der Waals surface area contributed by atoms with Crippen LogP contribution in [-0.4, -0.2) is 32.5 Å². The van der Waals surface area contributed by atoms with Gasteiger partial charge in [-0.3, -0.25) is 9.59 Å². The summed E-state index contributed by atoms with van der Waals surface area (Å²) in [4.78, 5) is 24.4. The SMILES string of the molecule is CCCNC(=O)c1ccc(/C=C/C(=O)c2cc(OC)ccc2OC)cc1. The molecule has 2 aromatic rings. The fourth-order valence-electron chi connectivity index (χ4n) is 2.35. The van der Waals surface area contributed by atoms with Crippen LogP contribution in [0.1, 0.15) is 39.6 Å². The Morgan fingerprint density at radius 3 is 2.38 bits per heavy atom. The molecule has 26 heavy (non-hydrogen) atoms. The first kappa shape index (κ1) is 19.2. The molecule has 5 nitrogen and oxygen atoms in total. The third-order valence-corrected chi connectivity index (χ3v) is 3.81. The summed E-state index contributed by atoms with van der Waals surface area (Å²) in [7, 11) is 3.06. The third-order valence-electron chi connectivity index (χ3n) is 3.81. The van der Waals surface area contributed by atoms with Crippen molar-refractivity contribution in [3.05, 3.63) is 65.2 Å². The van der Waals surface area contributed by atoms with E-state index < -0.39 is 0 Å². The van der Waals surface area contributed by atoms with Gasteiger partial charge in [0.25, 0.3) is 5.91 Å². The average Bonchev–Trinajstić information content (AvgIpc) is 2.69. The lowest BCUT2D eigenvalue weighted by Crippen LogP contribution is -2.23. The minimum Gasteiger partial charge on any atom is -0.497 e. The van der Waals surface area contributed by atoms with E-state index in [0.29, 0.717) is 29.2 Å². The van der Waals surface area contributed by atoms with Gasteiger partial charge in [0.15, 0.2) is 5.78 Å². The molecule has 0 atom stereocenters. The highest BCUT2D eigenvalue weighted by atomic mass is 16.5. The number of benzene rings is 2. The van der Waals surface area contributed by atoms with Crippen molar-refractivity contribution in [2.24, 2.45) is 0 Å². The van der Waals surface area contributed by atoms with Crippen LogP contribution < -0.4 is 14.8 Å². The number of hydrogen-bond acceptors (Lipinski definition) is 4. The van der Waals surface area contributed by atoms with E-state index in [0.717, 1.165) is 12.0 Å². The van der Waals surface area contributed by atoms with Gasteiger partial charge in [-0.2, -0.15) is 0 Å². The number of ketones is 1. The van der Waals surface area contributed by atoms with Crippen LogP contribution in [0.15, 0.2) is 48.5 Å². The molecule has 2 aromatic carbocycles. The predicted molar refractivity (Wildman–Crippen MR) is 102 cm³/mol. The number of amides is 1. The largest absolute Gasteiger partial charge is 0.497 e. The zero-order valence-corrected chi connectivity index (χ0v) is 15.2. The summed E-state index contributed by atoms with van der Waals surface area (Å²) < 4.78 is 10.4. The maximum absolute atomic E-state index is 12.5. The minimum atomic E-state index is -0.189. The molecule has 0 radical (unpaired) electrons. The van der Waals surface area contributed by atoms with Gasteiger partial charge in [-0.25, -0.2) is 0 Å². The van der Waals surface area contributed by atoms with Crippen molar-refractivity contribution >= 4 is 17.8 Å². The normalized spacial score (nSPS) is 10.6. The third kappa shape index (κ3) is 4.96. The van der Waals surface area contributed by atoms with Crippen molar-refractivity contribution in [2.45, 2.75) is 13.3 Å². The zero-order chi connectivity index (χ0) is 18.9. The number of hydrogen-bond donors (Lipinski definition) is 1. The molecule has 1 amide bonds.